The molecule has 2 amide bonds. The van der Waals surface area contributed by atoms with E-state index in [-0.39, 0.29) is 30.8 Å². The van der Waals surface area contributed by atoms with E-state index in [9.17, 15) is 9.59 Å². The molecule has 1 fully saturated rings. The number of hydrogen-bond donors (Lipinski definition) is 1. The van der Waals surface area contributed by atoms with Gasteiger partial charge in [-0.15, -0.1) is 0 Å². The molecule has 0 aromatic carbocycles. The first-order chi connectivity index (χ1) is 7.45. The molecule has 1 saturated heterocycles. The van der Waals surface area contributed by atoms with Crippen molar-refractivity contribution in [1.82, 2.24) is 10.2 Å². The maximum Gasteiger partial charge on any atom is 0.246 e. The van der Waals surface area contributed by atoms with E-state index in [0.29, 0.717) is 5.03 Å². The van der Waals surface area contributed by atoms with Gasteiger partial charge in [0.15, 0.2) is 0 Å². The SMILES string of the molecule is C=C(Cl)CN1CC(=O)NC(C(C)CC)C1=O. The smallest absolute Gasteiger partial charge is 0.246 e. The fourth-order valence-corrected chi connectivity index (χ4v) is 1.84. The molecule has 2 atom stereocenters. The topological polar surface area (TPSA) is 49.4 Å². The van der Waals surface area contributed by atoms with E-state index in [4.69, 9.17) is 11.6 Å². The molecule has 1 aliphatic heterocycles. The van der Waals surface area contributed by atoms with Gasteiger partial charge in [-0.05, 0) is 5.92 Å². The molecule has 0 aromatic heterocycles. The summed E-state index contributed by atoms with van der Waals surface area (Å²) in [4.78, 5) is 24.9. The van der Waals surface area contributed by atoms with Crippen LogP contribution >= 0.6 is 11.6 Å². The van der Waals surface area contributed by atoms with Crippen LogP contribution in [0.1, 0.15) is 20.3 Å². The first-order valence-corrected chi connectivity index (χ1v) is 5.75. The number of hydrogen-bond acceptors (Lipinski definition) is 2. The van der Waals surface area contributed by atoms with Crippen LogP contribution in [0.15, 0.2) is 11.6 Å². The number of carbonyl (C=O) groups excluding carboxylic acids is 2. The molecule has 5 heteroatoms. The van der Waals surface area contributed by atoms with Crippen molar-refractivity contribution in [3.05, 3.63) is 11.6 Å². The Morgan fingerprint density at radius 1 is 1.69 bits per heavy atom. The largest absolute Gasteiger partial charge is 0.342 e. The third kappa shape index (κ3) is 2.98. The fourth-order valence-electron chi connectivity index (χ4n) is 1.69. The highest BCUT2D eigenvalue weighted by Gasteiger charge is 2.35. The van der Waals surface area contributed by atoms with Crippen LogP contribution in [0.3, 0.4) is 0 Å². The molecular weight excluding hydrogens is 228 g/mol. The molecule has 1 aliphatic rings. The Morgan fingerprint density at radius 2 is 2.31 bits per heavy atom. The van der Waals surface area contributed by atoms with Crippen molar-refractivity contribution < 1.29 is 9.59 Å². The second-order valence-electron chi connectivity index (χ2n) is 4.14. The van der Waals surface area contributed by atoms with Crippen LogP contribution in [0.5, 0.6) is 0 Å². The first kappa shape index (κ1) is 13.0. The first-order valence-electron chi connectivity index (χ1n) is 5.37. The van der Waals surface area contributed by atoms with Gasteiger partial charge in [-0.25, -0.2) is 0 Å². The molecule has 0 saturated carbocycles. The number of carbonyl (C=O) groups is 2. The van der Waals surface area contributed by atoms with Crippen LogP contribution in [0.2, 0.25) is 0 Å². The Labute approximate surface area is 101 Å². The van der Waals surface area contributed by atoms with Crippen LogP contribution in [0, 0.1) is 5.92 Å². The van der Waals surface area contributed by atoms with E-state index >= 15 is 0 Å². The molecule has 0 aromatic rings. The Hall–Kier alpha value is -1.03. The van der Waals surface area contributed by atoms with Gasteiger partial charge in [0.25, 0.3) is 0 Å². The van der Waals surface area contributed by atoms with Crippen molar-refractivity contribution in [3.63, 3.8) is 0 Å². The zero-order valence-electron chi connectivity index (χ0n) is 9.62. The molecular formula is C11H17ClN2O2. The van der Waals surface area contributed by atoms with E-state index in [1.165, 1.54) is 4.90 Å². The van der Waals surface area contributed by atoms with Gasteiger partial charge in [0, 0.05) is 5.03 Å². The molecule has 1 N–H and O–H groups in total. The van der Waals surface area contributed by atoms with Gasteiger partial charge in [0.2, 0.25) is 11.8 Å². The zero-order chi connectivity index (χ0) is 12.3. The predicted octanol–water partition coefficient (Wildman–Crippen LogP) is 1.11. The summed E-state index contributed by atoms with van der Waals surface area (Å²) in [6.45, 7) is 7.78. The molecule has 0 spiro atoms. The van der Waals surface area contributed by atoms with Gasteiger partial charge in [0.1, 0.15) is 6.04 Å². The molecule has 0 radical (unpaired) electrons. The van der Waals surface area contributed by atoms with Crippen LogP contribution < -0.4 is 5.32 Å². The number of nitrogens with one attached hydrogen (secondary N) is 1. The van der Waals surface area contributed by atoms with Gasteiger partial charge >= 0.3 is 0 Å². The van der Waals surface area contributed by atoms with Crippen molar-refractivity contribution in [2.45, 2.75) is 26.3 Å². The minimum atomic E-state index is -0.428. The quantitative estimate of drug-likeness (QED) is 0.806. The lowest BCUT2D eigenvalue weighted by Gasteiger charge is -2.34. The molecule has 1 rings (SSSR count). The lowest BCUT2D eigenvalue weighted by molar-refractivity contribution is -0.145. The standard InChI is InChI=1S/C11H17ClN2O2/c1-4-7(2)10-11(16)14(5-8(3)12)6-9(15)13-10/h7,10H,3-6H2,1-2H3,(H,13,15). The average Bonchev–Trinajstić information content (AvgIpc) is 2.21. The Balaban J connectivity index is 2.77. The summed E-state index contributed by atoms with van der Waals surface area (Å²) in [5.74, 6) is -0.0820. The molecule has 0 bridgehead atoms. The highest BCUT2D eigenvalue weighted by molar-refractivity contribution is 6.29. The van der Waals surface area contributed by atoms with Crippen LogP contribution in [-0.2, 0) is 9.59 Å². The summed E-state index contributed by atoms with van der Waals surface area (Å²) in [6.07, 6.45) is 0.840. The molecule has 2 unspecified atom stereocenters. The van der Waals surface area contributed by atoms with Crippen molar-refractivity contribution in [1.29, 1.82) is 0 Å². The minimum Gasteiger partial charge on any atom is -0.342 e. The van der Waals surface area contributed by atoms with Gasteiger partial charge < -0.3 is 10.2 Å². The third-order valence-corrected chi connectivity index (χ3v) is 2.92. The van der Waals surface area contributed by atoms with Gasteiger partial charge in [-0.1, -0.05) is 38.4 Å². The monoisotopic (exact) mass is 244 g/mol. The highest BCUT2D eigenvalue weighted by Crippen LogP contribution is 2.15. The van der Waals surface area contributed by atoms with E-state index in [2.05, 4.69) is 11.9 Å². The lowest BCUT2D eigenvalue weighted by Crippen LogP contribution is -2.60. The van der Waals surface area contributed by atoms with Gasteiger partial charge in [-0.2, -0.15) is 0 Å². The fraction of sp³-hybridized carbons (Fsp3) is 0.636. The van der Waals surface area contributed by atoms with Crippen molar-refractivity contribution in [2.24, 2.45) is 5.92 Å². The normalized spacial score (nSPS) is 22.9. The minimum absolute atomic E-state index is 0.0670. The maximum atomic E-state index is 12.0. The van der Waals surface area contributed by atoms with E-state index in [1.807, 2.05) is 13.8 Å². The van der Waals surface area contributed by atoms with Gasteiger partial charge in [0.05, 0.1) is 13.1 Å². The van der Waals surface area contributed by atoms with Gasteiger partial charge in [-0.3, -0.25) is 9.59 Å². The van der Waals surface area contributed by atoms with E-state index in [0.717, 1.165) is 6.42 Å². The molecule has 16 heavy (non-hydrogen) atoms. The van der Waals surface area contributed by atoms with Crippen molar-refractivity contribution in [3.8, 4) is 0 Å². The maximum absolute atomic E-state index is 12.0. The number of amides is 2. The van der Waals surface area contributed by atoms with Crippen molar-refractivity contribution >= 4 is 23.4 Å². The Kier molecular flexibility index (Phi) is 4.35. The van der Waals surface area contributed by atoms with Crippen LogP contribution in [0.25, 0.3) is 0 Å². The van der Waals surface area contributed by atoms with E-state index < -0.39 is 6.04 Å². The summed E-state index contributed by atoms with van der Waals surface area (Å²) < 4.78 is 0. The van der Waals surface area contributed by atoms with Crippen LogP contribution in [0.4, 0.5) is 0 Å². The average molecular weight is 245 g/mol. The molecule has 1 heterocycles. The summed E-state index contributed by atoms with van der Waals surface area (Å²) in [5, 5.41) is 3.08. The summed E-state index contributed by atoms with van der Waals surface area (Å²) in [5.41, 5.74) is 0. The number of piperazine rings is 1. The number of halogens is 1. The third-order valence-electron chi connectivity index (χ3n) is 2.80. The van der Waals surface area contributed by atoms with Crippen LogP contribution in [-0.4, -0.2) is 35.8 Å². The zero-order valence-corrected chi connectivity index (χ0v) is 10.4. The summed E-state index contributed by atoms with van der Waals surface area (Å²) in [6, 6.07) is -0.428. The second-order valence-corrected chi connectivity index (χ2v) is 4.68. The van der Waals surface area contributed by atoms with Crippen molar-refractivity contribution in [2.75, 3.05) is 13.1 Å². The molecule has 4 nitrogen and oxygen atoms in total. The highest BCUT2D eigenvalue weighted by atomic mass is 35.5. The number of nitrogens with zero attached hydrogens (tertiary/aromatic N) is 1. The summed E-state index contributed by atoms with van der Waals surface area (Å²) >= 11 is 5.67. The Morgan fingerprint density at radius 3 is 2.81 bits per heavy atom. The lowest BCUT2D eigenvalue weighted by atomic mass is 9.96. The summed E-state index contributed by atoms with van der Waals surface area (Å²) in [7, 11) is 0. The number of rotatable bonds is 4. The Bertz CT molecular complexity index is 315. The molecule has 0 aliphatic carbocycles. The van der Waals surface area contributed by atoms with E-state index in [1.54, 1.807) is 0 Å². The second kappa shape index (κ2) is 5.34. The predicted molar refractivity (Wildman–Crippen MR) is 63.0 cm³/mol. The molecule has 90 valence electrons.